The number of methoxy groups -OCH3 is 3. The third-order valence-electron chi connectivity index (χ3n) is 3.13. The molecular formula is C12H27N3O3. The normalized spacial score (nSPS) is 21.5. The molecule has 6 heteroatoms. The molecule has 0 saturated carbocycles. The lowest BCUT2D eigenvalue weighted by Gasteiger charge is -2.24. The summed E-state index contributed by atoms with van der Waals surface area (Å²) < 4.78 is 15.7. The van der Waals surface area contributed by atoms with Crippen molar-refractivity contribution in [2.75, 3.05) is 80.8 Å². The second-order valence-corrected chi connectivity index (χ2v) is 4.61. The molecule has 0 N–H and O–H groups in total. The van der Waals surface area contributed by atoms with Crippen LogP contribution in [-0.2, 0) is 14.2 Å². The van der Waals surface area contributed by atoms with Crippen LogP contribution in [0.15, 0.2) is 0 Å². The van der Waals surface area contributed by atoms with Gasteiger partial charge in [0.25, 0.3) is 0 Å². The minimum atomic E-state index is 0.682. The third-order valence-corrected chi connectivity index (χ3v) is 3.13. The minimum absolute atomic E-state index is 0.682. The van der Waals surface area contributed by atoms with Crippen LogP contribution in [0.2, 0.25) is 0 Å². The van der Waals surface area contributed by atoms with E-state index in [2.05, 4.69) is 14.7 Å². The van der Waals surface area contributed by atoms with Crippen LogP contribution in [0.4, 0.5) is 0 Å². The Morgan fingerprint density at radius 3 is 0.944 bits per heavy atom. The minimum Gasteiger partial charge on any atom is -0.369 e. The SMILES string of the molecule is COCN1CCN(COC)CCN(COC)CC1. The van der Waals surface area contributed by atoms with Gasteiger partial charge in [-0.3, -0.25) is 14.7 Å². The molecular weight excluding hydrogens is 234 g/mol. The molecule has 0 spiro atoms. The number of hydrogen-bond donors (Lipinski definition) is 0. The molecule has 1 saturated heterocycles. The second kappa shape index (κ2) is 9.66. The summed E-state index contributed by atoms with van der Waals surface area (Å²) in [7, 11) is 5.23. The summed E-state index contributed by atoms with van der Waals surface area (Å²) in [4.78, 5) is 6.95. The van der Waals surface area contributed by atoms with E-state index in [0.717, 1.165) is 39.3 Å². The van der Waals surface area contributed by atoms with Crippen molar-refractivity contribution in [1.29, 1.82) is 0 Å². The lowest BCUT2D eigenvalue weighted by Crippen LogP contribution is -2.37. The van der Waals surface area contributed by atoms with Crippen molar-refractivity contribution in [2.45, 2.75) is 0 Å². The zero-order valence-electron chi connectivity index (χ0n) is 11.9. The molecule has 6 nitrogen and oxygen atoms in total. The number of rotatable bonds is 6. The number of nitrogens with zero attached hydrogens (tertiary/aromatic N) is 3. The first-order valence-corrected chi connectivity index (χ1v) is 6.44. The van der Waals surface area contributed by atoms with E-state index >= 15 is 0 Å². The van der Waals surface area contributed by atoms with Crippen molar-refractivity contribution in [3.63, 3.8) is 0 Å². The summed E-state index contributed by atoms with van der Waals surface area (Å²) in [6.07, 6.45) is 0. The smallest absolute Gasteiger partial charge is 0.0987 e. The molecule has 0 amide bonds. The lowest BCUT2D eigenvalue weighted by molar-refractivity contribution is 0.0352. The predicted octanol–water partition coefficient (Wildman–Crippen LogP) is -0.282. The van der Waals surface area contributed by atoms with Gasteiger partial charge in [-0.25, -0.2) is 0 Å². The van der Waals surface area contributed by atoms with Gasteiger partial charge in [-0.1, -0.05) is 0 Å². The van der Waals surface area contributed by atoms with Crippen LogP contribution in [0.3, 0.4) is 0 Å². The standard InChI is InChI=1S/C12H27N3O3/c1-16-10-13-4-6-14(11-17-2)8-9-15(7-5-13)12-18-3/h4-12H2,1-3H3. The Morgan fingerprint density at radius 1 is 0.556 bits per heavy atom. The maximum atomic E-state index is 5.24. The molecule has 108 valence electrons. The highest BCUT2D eigenvalue weighted by atomic mass is 16.5. The Morgan fingerprint density at radius 2 is 0.778 bits per heavy atom. The molecule has 1 fully saturated rings. The first-order chi connectivity index (χ1) is 8.80. The van der Waals surface area contributed by atoms with Gasteiger partial charge in [0.2, 0.25) is 0 Å². The fraction of sp³-hybridized carbons (Fsp3) is 1.00. The van der Waals surface area contributed by atoms with Gasteiger partial charge in [0.05, 0.1) is 20.2 Å². The summed E-state index contributed by atoms with van der Waals surface area (Å²) in [6, 6.07) is 0. The highest BCUT2D eigenvalue weighted by Crippen LogP contribution is 2.00. The average Bonchev–Trinajstić information content (AvgIpc) is 2.45. The Bertz CT molecular complexity index is 162. The molecule has 18 heavy (non-hydrogen) atoms. The Balaban J connectivity index is 2.50. The monoisotopic (exact) mass is 261 g/mol. The highest BCUT2D eigenvalue weighted by molar-refractivity contribution is 4.67. The van der Waals surface area contributed by atoms with Crippen LogP contribution in [0.1, 0.15) is 0 Å². The van der Waals surface area contributed by atoms with E-state index < -0.39 is 0 Å². The third kappa shape index (κ3) is 6.08. The van der Waals surface area contributed by atoms with Crippen LogP contribution in [0.25, 0.3) is 0 Å². The predicted molar refractivity (Wildman–Crippen MR) is 70.3 cm³/mol. The lowest BCUT2D eigenvalue weighted by atomic mass is 10.4. The molecule has 1 aliphatic rings. The van der Waals surface area contributed by atoms with Crippen LogP contribution < -0.4 is 0 Å². The average molecular weight is 261 g/mol. The summed E-state index contributed by atoms with van der Waals surface area (Å²) >= 11 is 0. The molecule has 1 rings (SSSR count). The molecule has 0 atom stereocenters. The zero-order valence-corrected chi connectivity index (χ0v) is 11.9. The van der Waals surface area contributed by atoms with Gasteiger partial charge in [-0.15, -0.1) is 0 Å². The van der Waals surface area contributed by atoms with Crippen molar-refractivity contribution in [1.82, 2.24) is 14.7 Å². The van der Waals surface area contributed by atoms with Crippen molar-refractivity contribution in [2.24, 2.45) is 0 Å². The number of hydrogen-bond acceptors (Lipinski definition) is 6. The van der Waals surface area contributed by atoms with E-state index in [9.17, 15) is 0 Å². The Labute approximate surface area is 110 Å². The first kappa shape index (κ1) is 15.8. The van der Waals surface area contributed by atoms with Gasteiger partial charge in [-0.05, 0) is 0 Å². The van der Waals surface area contributed by atoms with E-state index in [1.165, 1.54) is 0 Å². The molecule has 0 unspecified atom stereocenters. The summed E-state index contributed by atoms with van der Waals surface area (Å²) in [6.45, 7) is 8.12. The van der Waals surface area contributed by atoms with E-state index in [0.29, 0.717) is 20.2 Å². The molecule has 0 aromatic carbocycles. The van der Waals surface area contributed by atoms with E-state index in [1.54, 1.807) is 21.3 Å². The highest BCUT2D eigenvalue weighted by Gasteiger charge is 2.15. The topological polar surface area (TPSA) is 37.4 Å². The van der Waals surface area contributed by atoms with Crippen LogP contribution in [0.5, 0.6) is 0 Å². The Hall–Kier alpha value is -0.240. The van der Waals surface area contributed by atoms with Crippen molar-refractivity contribution in [3.8, 4) is 0 Å². The molecule has 0 bridgehead atoms. The van der Waals surface area contributed by atoms with Gasteiger partial charge >= 0.3 is 0 Å². The van der Waals surface area contributed by atoms with Crippen LogP contribution in [0, 0.1) is 0 Å². The molecule has 1 heterocycles. The molecule has 0 aromatic heterocycles. The largest absolute Gasteiger partial charge is 0.369 e. The first-order valence-electron chi connectivity index (χ1n) is 6.44. The van der Waals surface area contributed by atoms with E-state index in [4.69, 9.17) is 14.2 Å². The summed E-state index contributed by atoms with van der Waals surface area (Å²) in [5.41, 5.74) is 0. The van der Waals surface area contributed by atoms with E-state index in [1.807, 2.05) is 0 Å². The van der Waals surface area contributed by atoms with Gasteiger partial charge < -0.3 is 14.2 Å². The zero-order chi connectivity index (χ0) is 13.2. The molecule has 0 aromatic rings. The van der Waals surface area contributed by atoms with Crippen LogP contribution >= 0.6 is 0 Å². The maximum Gasteiger partial charge on any atom is 0.0987 e. The fourth-order valence-electron chi connectivity index (χ4n) is 2.12. The van der Waals surface area contributed by atoms with E-state index in [-0.39, 0.29) is 0 Å². The van der Waals surface area contributed by atoms with Gasteiger partial charge in [0.15, 0.2) is 0 Å². The molecule has 0 radical (unpaired) electrons. The van der Waals surface area contributed by atoms with Gasteiger partial charge in [0.1, 0.15) is 0 Å². The fourth-order valence-corrected chi connectivity index (χ4v) is 2.12. The van der Waals surface area contributed by atoms with Crippen LogP contribution in [-0.4, -0.2) is 95.5 Å². The van der Waals surface area contributed by atoms with Crippen molar-refractivity contribution >= 4 is 0 Å². The van der Waals surface area contributed by atoms with Gasteiger partial charge in [-0.2, -0.15) is 0 Å². The van der Waals surface area contributed by atoms with Crippen molar-refractivity contribution in [3.05, 3.63) is 0 Å². The maximum absolute atomic E-state index is 5.24. The Kier molecular flexibility index (Phi) is 8.49. The summed E-state index contributed by atoms with van der Waals surface area (Å²) in [5.74, 6) is 0. The molecule has 0 aliphatic carbocycles. The van der Waals surface area contributed by atoms with Gasteiger partial charge in [0, 0.05) is 60.6 Å². The second-order valence-electron chi connectivity index (χ2n) is 4.61. The van der Waals surface area contributed by atoms with Crippen molar-refractivity contribution < 1.29 is 14.2 Å². The number of ether oxygens (including phenoxy) is 3. The quantitative estimate of drug-likeness (QED) is 0.654. The summed E-state index contributed by atoms with van der Waals surface area (Å²) in [5, 5.41) is 0. The molecule has 1 aliphatic heterocycles.